The summed E-state index contributed by atoms with van der Waals surface area (Å²) in [6.07, 6.45) is 2.31. The highest BCUT2D eigenvalue weighted by Crippen LogP contribution is 2.11. The number of aromatic nitrogens is 1. The Kier molecular flexibility index (Phi) is 3.59. The van der Waals surface area contributed by atoms with Crippen LogP contribution < -0.4 is 5.73 Å². The highest BCUT2D eigenvalue weighted by Gasteiger charge is 2.08. The Balaban J connectivity index is 2.83. The van der Waals surface area contributed by atoms with Crippen LogP contribution >= 0.6 is 0 Å². The first-order valence-corrected chi connectivity index (χ1v) is 4.49. The van der Waals surface area contributed by atoms with Gasteiger partial charge in [-0.2, -0.15) is 0 Å². The molecule has 1 unspecified atom stereocenters. The van der Waals surface area contributed by atoms with Crippen LogP contribution in [0.4, 0.5) is 0 Å². The minimum Gasteiger partial charge on any atom is -0.465 e. The van der Waals surface area contributed by atoms with E-state index in [9.17, 15) is 4.79 Å². The molecule has 0 fully saturated rings. The van der Waals surface area contributed by atoms with Gasteiger partial charge in [0.1, 0.15) is 0 Å². The van der Waals surface area contributed by atoms with Crippen LogP contribution in [0.1, 0.15) is 35.4 Å². The molecule has 76 valence electrons. The monoisotopic (exact) mass is 194 g/mol. The Morgan fingerprint density at radius 2 is 2.36 bits per heavy atom. The number of nitrogens with two attached hydrogens (primary N) is 1. The summed E-state index contributed by atoms with van der Waals surface area (Å²) in [5.41, 5.74) is 7.01. The van der Waals surface area contributed by atoms with Gasteiger partial charge >= 0.3 is 5.97 Å². The van der Waals surface area contributed by atoms with Gasteiger partial charge in [0.25, 0.3) is 0 Å². The van der Waals surface area contributed by atoms with Crippen molar-refractivity contribution in [3.05, 3.63) is 29.6 Å². The lowest BCUT2D eigenvalue weighted by Gasteiger charge is -2.07. The fourth-order valence-electron chi connectivity index (χ4n) is 1.07. The van der Waals surface area contributed by atoms with E-state index in [2.05, 4.69) is 9.72 Å². The molecule has 0 aromatic carbocycles. The third-order valence-corrected chi connectivity index (χ3v) is 2.03. The van der Waals surface area contributed by atoms with E-state index in [4.69, 9.17) is 5.73 Å². The number of pyridine rings is 1. The fraction of sp³-hybridized carbons (Fsp3) is 0.400. The lowest BCUT2D eigenvalue weighted by Crippen LogP contribution is -2.11. The predicted octanol–water partition coefficient (Wildman–Crippen LogP) is 1.28. The molecule has 0 spiro atoms. The molecule has 0 saturated heterocycles. The van der Waals surface area contributed by atoms with Crippen LogP contribution in [-0.4, -0.2) is 18.1 Å². The minimum absolute atomic E-state index is 0.0679. The van der Waals surface area contributed by atoms with Crippen molar-refractivity contribution in [2.75, 3.05) is 7.11 Å². The maximum absolute atomic E-state index is 11.1. The molecule has 0 aliphatic heterocycles. The molecular formula is C10H14N2O2. The fourth-order valence-corrected chi connectivity index (χ4v) is 1.07. The van der Waals surface area contributed by atoms with Crippen molar-refractivity contribution >= 4 is 5.97 Å². The SMILES string of the molecule is CCC(N)c1ccc(C(=O)OC)cn1. The van der Waals surface area contributed by atoms with Crippen molar-refractivity contribution in [1.82, 2.24) is 4.98 Å². The Hall–Kier alpha value is -1.42. The topological polar surface area (TPSA) is 65.2 Å². The standard InChI is InChI=1S/C10H14N2O2/c1-3-8(11)9-5-4-7(6-12-9)10(13)14-2/h4-6,8H,3,11H2,1-2H3. The zero-order valence-electron chi connectivity index (χ0n) is 8.36. The molecule has 4 nitrogen and oxygen atoms in total. The Morgan fingerprint density at radius 1 is 1.64 bits per heavy atom. The maximum atomic E-state index is 11.1. The van der Waals surface area contributed by atoms with Gasteiger partial charge in [-0.05, 0) is 18.6 Å². The van der Waals surface area contributed by atoms with Crippen LogP contribution in [0.3, 0.4) is 0 Å². The average Bonchev–Trinajstić information content (AvgIpc) is 2.27. The van der Waals surface area contributed by atoms with E-state index in [0.717, 1.165) is 12.1 Å². The summed E-state index contributed by atoms with van der Waals surface area (Å²) in [7, 11) is 1.34. The molecule has 1 atom stereocenters. The molecule has 0 aliphatic rings. The first kappa shape index (κ1) is 10.7. The number of carbonyl (C=O) groups is 1. The van der Waals surface area contributed by atoms with Crippen LogP contribution in [0.5, 0.6) is 0 Å². The third-order valence-electron chi connectivity index (χ3n) is 2.03. The molecule has 14 heavy (non-hydrogen) atoms. The second kappa shape index (κ2) is 4.72. The second-order valence-corrected chi connectivity index (χ2v) is 2.98. The number of carbonyl (C=O) groups excluding carboxylic acids is 1. The van der Waals surface area contributed by atoms with Gasteiger partial charge in [-0.25, -0.2) is 4.79 Å². The van der Waals surface area contributed by atoms with Crippen molar-refractivity contribution in [3.8, 4) is 0 Å². The molecular weight excluding hydrogens is 180 g/mol. The van der Waals surface area contributed by atoms with Gasteiger partial charge in [-0.3, -0.25) is 4.98 Å². The summed E-state index contributed by atoms with van der Waals surface area (Å²) >= 11 is 0. The number of esters is 1. The van der Waals surface area contributed by atoms with Gasteiger partial charge in [0, 0.05) is 12.2 Å². The molecule has 0 radical (unpaired) electrons. The van der Waals surface area contributed by atoms with E-state index in [0.29, 0.717) is 5.56 Å². The Morgan fingerprint density at radius 3 is 2.79 bits per heavy atom. The van der Waals surface area contributed by atoms with Crippen molar-refractivity contribution in [1.29, 1.82) is 0 Å². The third kappa shape index (κ3) is 2.29. The largest absolute Gasteiger partial charge is 0.465 e. The van der Waals surface area contributed by atoms with E-state index in [1.165, 1.54) is 13.3 Å². The summed E-state index contributed by atoms with van der Waals surface area (Å²) in [6.45, 7) is 1.99. The van der Waals surface area contributed by atoms with Crippen LogP contribution in [0.2, 0.25) is 0 Å². The van der Waals surface area contributed by atoms with Gasteiger partial charge in [-0.1, -0.05) is 6.92 Å². The van der Waals surface area contributed by atoms with E-state index >= 15 is 0 Å². The van der Waals surface area contributed by atoms with Crippen molar-refractivity contribution in [2.45, 2.75) is 19.4 Å². The lowest BCUT2D eigenvalue weighted by atomic mass is 10.1. The van der Waals surface area contributed by atoms with Crippen LogP contribution in [0, 0.1) is 0 Å². The van der Waals surface area contributed by atoms with Gasteiger partial charge in [0.2, 0.25) is 0 Å². The van der Waals surface area contributed by atoms with Crippen molar-refractivity contribution < 1.29 is 9.53 Å². The Labute approximate surface area is 83.1 Å². The molecule has 4 heteroatoms. The Bertz CT molecular complexity index is 308. The summed E-state index contributed by atoms with van der Waals surface area (Å²) < 4.78 is 4.55. The van der Waals surface area contributed by atoms with Crippen molar-refractivity contribution in [3.63, 3.8) is 0 Å². The highest BCUT2D eigenvalue weighted by molar-refractivity contribution is 5.88. The van der Waals surface area contributed by atoms with Gasteiger partial charge < -0.3 is 10.5 Å². The van der Waals surface area contributed by atoms with Gasteiger partial charge in [-0.15, -0.1) is 0 Å². The maximum Gasteiger partial charge on any atom is 0.339 e. The molecule has 0 saturated carbocycles. The second-order valence-electron chi connectivity index (χ2n) is 2.98. The molecule has 1 aromatic heterocycles. The van der Waals surface area contributed by atoms with E-state index < -0.39 is 0 Å². The van der Waals surface area contributed by atoms with E-state index in [-0.39, 0.29) is 12.0 Å². The smallest absolute Gasteiger partial charge is 0.339 e. The molecule has 1 aromatic rings. The normalized spacial score (nSPS) is 12.2. The number of hydrogen-bond donors (Lipinski definition) is 1. The summed E-state index contributed by atoms with van der Waals surface area (Å²) in [5, 5.41) is 0. The number of hydrogen-bond acceptors (Lipinski definition) is 4. The molecule has 1 rings (SSSR count). The first-order valence-electron chi connectivity index (χ1n) is 4.49. The summed E-state index contributed by atoms with van der Waals surface area (Å²) in [6, 6.07) is 3.35. The van der Waals surface area contributed by atoms with Crippen LogP contribution in [-0.2, 0) is 4.74 Å². The first-order chi connectivity index (χ1) is 6.69. The molecule has 0 aliphatic carbocycles. The van der Waals surface area contributed by atoms with E-state index in [1.807, 2.05) is 6.92 Å². The van der Waals surface area contributed by atoms with Gasteiger partial charge in [0.15, 0.2) is 0 Å². The van der Waals surface area contributed by atoms with Crippen LogP contribution in [0.15, 0.2) is 18.3 Å². The molecule has 0 amide bonds. The van der Waals surface area contributed by atoms with Gasteiger partial charge in [0.05, 0.1) is 18.4 Å². The number of ether oxygens (including phenoxy) is 1. The van der Waals surface area contributed by atoms with Crippen LogP contribution in [0.25, 0.3) is 0 Å². The quantitative estimate of drug-likeness (QED) is 0.736. The number of methoxy groups -OCH3 is 1. The number of nitrogens with zero attached hydrogens (tertiary/aromatic N) is 1. The summed E-state index contributed by atoms with van der Waals surface area (Å²) in [4.78, 5) is 15.2. The van der Waals surface area contributed by atoms with E-state index in [1.54, 1.807) is 12.1 Å². The zero-order valence-corrected chi connectivity index (χ0v) is 8.36. The minimum atomic E-state index is -0.380. The zero-order chi connectivity index (χ0) is 10.6. The van der Waals surface area contributed by atoms with Crippen molar-refractivity contribution in [2.24, 2.45) is 5.73 Å². The molecule has 2 N–H and O–H groups in total. The lowest BCUT2D eigenvalue weighted by molar-refractivity contribution is 0.0600. The predicted molar refractivity (Wildman–Crippen MR) is 52.8 cm³/mol. The summed E-state index contributed by atoms with van der Waals surface area (Å²) in [5.74, 6) is -0.380. The molecule has 0 bridgehead atoms. The average molecular weight is 194 g/mol. The molecule has 1 heterocycles. The number of rotatable bonds is 3. The highest BCUT2D eigenvalue weighted by atomic mass is 16.5.